The Balaban J connectivity index is 1.60. The molecule has 2 aliphatic heterocycles. The molecule has 0 aliphatic carbocycles. The summed E-state index contributed by atoms with van der Waals surface area (Å²) in [6.07, 6.45) is -4.05. The summed E-state index contributed by atoms with van der Waals surface area (Å²) in [5.74, 6) is -0.260. The van der Waals surface area contributed by atoms with Gasteiger partial charge in [-0.05, 0) is 69.5 Å². The van der Waals surface area contributed by atoms with E-state index in [9.17, 15) is 23.1 Å². The summed E-state index contributed by atoms with van der Waals surface area (Å²) >= 11 is 12.3. The van der Waals surface area contributed by atoms with E-state index in [4.69, 9.17) is 27.9 Å². The zero-order valence-electron chi connectivity index (χ0n) is 19.0. The predicted octanol–water partition coefficient (Wildman–Crippen LogP) is 5.32. The third-order valence-electron chi connectivity index (χ3n) is 6.80. The maximum absolute atomic E-state index is 13.7. The summed E-state index contributed by atoms with van der Waals surface area (Å²) in [6.45, 7) is 2.32. The van der Waals surface area contributed by atoms with Gasteiger partial charge in [0.05, 0.1) is 23.4 Å². The maximum Gasteiger partial charge on any atom is 0.425 e. The number of aliphatic hydroxyl groups is 1. The zero-order chi connectivity index (χ0) is 25.4. The van der Waals surface area contributed by atoms with Gasteiger partial charge in [-0.2, -0.15) is 13.2 Å². The van der Waals surface area contributed by atoms with Crippen LogP contribution in [0.1, 0.15) is 44.3 Å². The van der Waals surface area contributed by atoms with Crippen LogP contribution in [0.25, 0.3) is 0 Å². The van der Waals surface area contributed by atoms with Crippen LogP contribution in [0.3, 0.4) is 0 Å². The van der Waals surface area contributed by atoms with Crippen molar-refractivity contribution in [1.82, 2.24) is 10.3 Å². The molecule has 2 N–H and O–H groups in total. The van der Waals surface area contributed by atoms with E-state index in [1.165, 1.54) is 18.3 Å². The van der Waals surface area contributed by atoms with Crippen molar-refractivity contribution in [3.8, 4) is 5.88 Å². The lowest BCUT2D eigenvalue weighted by molar-refractivity contribution is -0.189. The van der Waals surface area contributed by atoms with Crippen LogP contribution in [-0.2, 0) is 4.79 Å². The van der Waals surface area contributed by atoms with Gasteiger partial charge in [-0.25, -0.2) is 4.98 Å². The van der Waals surface area contributed by atoms with Crippen molar-refractivity contribution in [2.45, 2.75) is 57.0 Å². The van der Waals surface area contributed by atoms with E-state index in [-0.39, 0.29) is 24.2 Å². The number of alkyl halides is 3. The van der Waals surface area contributed by atoms with Crippen molar-refractivity contribution in [2.24, 2.45) is 5.41 Å². The Labute approximate surface area is 211 Å². The lowest BCUT2D eigenvalue weighted by atomic mass is 9.76. The van der Waals surface area contributed by atoms with Gasteiger partial charge >= 0.3 is 6.18 Å². The van der Waals surface area contributed by atoms with Gasteiger partial charge in [0, 0.05) is 22.2 Å². The minimum absolute atomic E-state index is 0.0717. The number of aliphatic hydroxyl groups excluding tert-OH is 1. The number of nitrogens with zero attached hydrogens (tertiary/aromatic N) is 2. The van der Waals surface area contributed by atoms with Gasteiger partial charge in [-0.15, -0.1) is 0 Å². The Kier molecular flexibility index (Phi) is 7.52. The number of piperidine rings is 1. The molecule has 3 heterocycles. The average molecular weight is 532 g/mol. The largest absolute Gasteiger partial charge is 0.465 e. The molecular weight excluding hydrogens is 506 g/mol. The van der Waals surface area contributed by atoms with Crippen molar-refractivity contribution in [3.63, 3.8) is 0 Å². The first-order valence-corrected chi connectivity index (χ1v) is 12.1. The molecule has 2 fully saturated rings. The fraction of sp³-hybridized carbons (Fsp3) is 0.500. The van der Waals surface area contributed by atoms with Crippen LogP contribution in [-0.4, -0.2) is 47.4 Å². The molecule has 2 aromatic rings. The second-order valence-electron chi connectivity index (χ2n) is 9.14. The van der Waals surface area contributed by atoms with E-state index in [2.05, 4.69) is 10.3 Å². The topological polar surface area (TPSA) is 74.7 Å². The highest BCUT2D eigenvalue weighted by molar-refractivity contribution is 6.35. The number of hydrogen-bond acceptors (Lipinski definition) is 5. The molecule has 1 aromatic heterocycles. The van der Waals surface area contributed by atoms with Crippen LogP contribution >= 0.6 is 23.2 Å². The molecule has 2 saturated heterocycles. The number of carbonyl (C=O) groups is 1. The zero-order valence-corrected chi connectivity index (χ0v) is 20.5. The molecule has 4 rings (SSSR count). The number of rotatable bonds is 6. The number of halogens is 5. The number of carbonyl (C=O) groups excluding carboxylic acids is 1. The molecule has 3 atom stereocenters. The van der Waals surface area contributed by atoms with Gasteiger partial charge in [0.25, 0.3) is 0 Å². The summed E-state index contributed by atoms with van der Waals surface area (Å²) in [6, 6.07) is 7.34. The average Bonchev–Trinajstić information content (AvgIpc) is 3.04. The Morgan fingerprint density at radius 2 is 1.97 bits per heavy atom. The van der Waals surface area contributed by atoms with Crippen LogP contribution in [0.2, 0.25) is 10.0 Å². The molecule has 0 bridgehead atoms. The van der Waals surface area contributed by atoms with E-state index in [1.54, 1.807) is 23.1 Å². The fourth-order valence-corrected chi connectivity index (χ4v) is 5.41. The number of amides is 1. The number of aromatic nitrogens is 1. The molecule has 11 heteroatoms. The third-order valence-corrected chi connectivity index (χ3v) is 7.36. The van der Waals surface area contributed by atoms with Crippen LogP contribution in [0.5, 0.6) is 5.88 Å². The van der Waals surface area contributed by atoms with Crippen molar-refractivity contribution in [3.05, 3.63) is 52.1 Å². The Morgan fingerprint density at radius 1 is 1.26 bits per heavy atom. The van der Waals surface area contributed by atoms with E-state index in [0.29, 0.717) is 53.6 Å². The molecule has 0 saturated carbocycles. The van der Waals surface area contributed by atoms with Crippen LogP contribution in [0.4, 0.5) is 18.9 Å². The SMILES string of the molecule is C[C@H](Oc1ccc(N2C(=O)C3(CCNCC3)CC2CC(O)c2ccc(Cl)cc2Cl)cn1)C(F)(F)F. The number of ether oxygens (including phenoxy) is 1. The fourth-order valence-electron chi connectivity index (χ4n) is 4.88. The molecule has 1 aromatic carbocycles. The summed E-state index contributed by atoms with van der Waals surface area (Å²) in [5, 5.41) is 15.0. The van der Waals surface area contributed by atoms with Crippen molar-refractivity contribution in [2.75, 3.05) is 18.0 Å². The standard InChI is InChI=1S/C24H26Cl2F3N3O3/c1-14(24(27,28)29)35-21-5-3-16(13-31-21)32-17(12-23(22(32)34)6-8-30-9-7-23)11-20(33)18-4-2-15(25)10-19(18)26/h2-5,10,13-14,17,20,30,33H,6-9,11-12H2,1H3/t14-,17?,20?/m0/s1. The summed E-state index contributed by atoms with van der Waals surface area (Å²) in [7, 11) is 0. The van der Waals surface area contributed by atoms with Gasteiger partial charge in [-0.3, -0.25) is 4.79 Å². The van der Waals surface area contributed by atoms with Gasteiger partial charge in [0.15, 0.2) is 6.10 Å². The second-order valence-corrected chi connectivity index (χ2v) is 9.98. The van der Waals surface area contributed by atoms with E-state index in [0.717, 1.165) is 6.92 Å². The molecule has 1 amide bonds. The van der Waals surface area contributed by atoms with E-state index < -0.39 is 23.8 Å². The molecule has 2 unspecified atom stereocenters. The summed E-state index contributed by atoms with van der Waals surface area (Å²) < 4.78 is 43.4. The van der Waals surface area contributed by atoms with E-state index in [1.807, 2.05) is 0 Å². The van der Waals surface area contributed by atoms with Crippen molar-refractivity contribution >= 4 is 34.8 Å². The first-order chi connectivity index (χ1) is 16.5. The number of nitrogens with one attached hydrogen (secondary N) is 1. The number of pyridine rings is 1. The van der Waals surface area contributed by atoms with Crippen LogP contribution < -0.4 is 15.0 Å². The first-order valence-electron chi connectivity index (χ1n) is 11.4. The van der Waals surface area contributed by atoms with Crippen LogP contribution in [0, 0.1) is 5.41 Å². The van der Waals surface area contributed by atoms with Gasteiger partial charge < -0.3 is 20.1 Å². The molecule has 35 heavy (non-hydrogen) atoms. The van der Waals surface area contributed by atoms with Gasteiger partial charge in [0.2, 0.25) is 11.8 Å². The minimum Gasteiger partial charge on any atom is -0.465 e. The predicted molar refractivity (Wildman–Crippen MR) is 127 cm³/mol. The second kappa shape index (κ2) is 10.1. The van der Waals surface area contributed by atoms with Crippen LogP contribution in [0.15, 0.2) is 36.5 Å². The quantitative estimate of drug-likeness (QED) is 0.527. The Hall–Kier alpha value is -2.07. The smallest absolute Gasteiger partial charge is 0.425 e. The molecule has 6 nitrogen and oxygen atoms in total. The number of benzene rings is 1. The van der Waals surface area contributed by atoms with E-state index >= 15 is 0 Å². The van der Waals surface area contributed by atoms with Crippen molar-refractivity contribution < 1.29 is 27.8 Å². The van der Waals surface area contributed by atoms with Gasteiger partial charge in [-0.1, -0.05) is 29.3 Å². The normalized spacial score (nSPS) is 21.9. The Bertz CT molecular complexity index is 1060. The highest BCUT2D eigenvalue weighted by atomic mass is 35.5. The molecule has 0 radical (unpaired) electrons. The minimum atomic E-state index is -4.52. The highest BCUT2D eigenvalue weighted by Gasteiger charge is 2.52. The maximum atomic E-state index is 13.7. The third kappa shape index (κ3) is 5.53. The Morgan fingerprint density at radius 3 is 2.57 bits per heavy atom. The van der Waals surface area contributed by atoms with Gasteiger partial charge in [0.1, 0.15) is 0 Å². The van der Waals surface area contributed by atoms with Crippen molar-refractivity contribution in [1.29, 1.82) is 0 Å². The highest BCUT2D eigenvalue weighted by Crippen LogP contribution is 2.47. The lowest BCUT2D eigenvalue weighted by Crippen LogP contribution is -2.43. The first kappa shape index (κ1) is 26.0. The summed E-state index contributed by atoms with van der Waals surface area (Å²) in [4.78, 5) is 19.3. The lowest BCUT2D eigenvalue weighted by Gasteiger charge is -2.32. The monoisotopic (exact) mass is 531 g/mol. The molecular formula is C24H26Cl2F3N3O3. The number of anilines is 1. The molecule has 1 spiro atoms. The number of hydrogen-bond donors (Lipinski definition) is 2. The summed E-state index contributed by atoms with van der Waals surface area (Å²) in [5.41, 5.74) is 0.383. The molecule has 190 valence electrons. The molecule has 2 aliphatic rings.